The van der Waals surface area contributed by atoms with Gasteiger partial charge in [0, 0.05) is 11.1 Å². The van der Waals surface area contributed by atoms with Crippen molar-refractivity contribution in [3.8, 4) is 78.4 Å². The summed E-state index contributed by atoms with van der Waals surface area (Å²) in [5.41, 5.74) is 15.1. The molecule has 0 amide bonds. The third-order valence-electron chi connectivity index (χ3n) is 10.3. The van der Waals surface area contributed by atoms with Crippen molar-refractivity contribution in [1.29, 1.82) is 0 Å². The average Bonchev–Trinajstić information content (AvgIpc) is 3.44. The molecule has 51 heavy (non-hydrogen) atoms. The first-order valence-corrected chi connectivity index (χ1v) is 20.6. The Morgan fingerprint density at radius 3 is 1.24 bits per heavy atom. The lowest BCUT2D eigenvalue weighted by Gasteiger charge is -2.21. The molecular weight excluding hydrogens is 633 g/mol. The summed E-state index contributed by atoms with van der Waals surface area (Å²) in [5, 5.41) is 2.76. The molecule has 1 aliphatic heterocycles. The minimum Gasteiger partial charge on any atom is -0.228 e. The van der Waals surface area contributed by atoms with E-state index in [1.54, 1.807) is 0 Å². The fourth-order valence-corrected chi connectivity index (χ4v) is 10.9. The Bertz CT molecular complexity index is 2550. The number of hydrogen-bond acceptors (Lipinski definition) is 2. The standard InChI is InChI=1S/C48H36N2Si/c1-51(2)44-28-10-9-27-43(44)46-47(51)45(34-17-7-4-8-18-34)49-48(50-46)42-26-14-25-41(32-42)40-24-13-23-39(31-40)38-22-12-21-37(30-38)36-20-11-19-35(29-36)33-15-5-3-6-16-33/h3-32H,1-2H3. The van der Waals surface area contributed by atoms with Gasteiger partial charge in [0.15, 0.2) is 5.82 Å². The zero-order chi connectivity index (χ0) is 34.4. The zero-order valence-electron chi connectivity index (χ0n) is 28.7. The summed E-state index contributed by atoms with van der Waals surface area (Å²) in [5.74, 6) is 0.762. The van der Waals surface area contributed by atoms with Gasteiger partial charge in [-0.05, 0) is 84.7 Å². The number of rotatable bonds is 6. The normalized spacial score (nSPS) is 12.7. The maximum absolute atomic E-state index is 5.35. The van der Waals surface area contributed by atoms with Crippen LogP contribution in [-0.4, -0.2) is 18.0 Å². The first kappa shape index (κ1) is 30.9. The molecule has 0 atom stereocenters. The van der Waals surface area contributed by atoms with E-state index in [0.717, 1.165) is 39.5 Å². The number of fused-ring (bicyclic) bond motifs is 3. The molecule has 0 N–H and O–H groups in total. The quantitative estimate of drug-likeness (QED) is 0.165. The molecule has 1 aliphatic rings. The highest BCUT2D eigenvalue weighted by Gasteiger charge is 2.41. The van der Waals surface area contributed by atoms with E-state index in [1.165, 1.54) is 49.3 Å². The average molecular weight is 669 g/mol. The van der Waals surface area contributed by atoms with Crippen molar-refractivity contribution in [2.75, 3.05) is 0 Å². The van der Waals surface area contributed by atoms with Gasteiger partial charge in [0.25, 0.3) is 0 Å². The van der Waals surface area contributed by atoms with Crippen molar-refractivity contribution in [2.24, 2.45) is 0 Å². The molecule has 8 aromatic rings. The first-order chi connectivity index (χ1) is 25.0. The van der Waals surface area contributed by atoms with Crippen molar-refractivity contribution >= 4 is 18.4 Å². The van der Waals surface area contributed by atoms with Gasteiger partial charge < -0.3 is 0 Å². The Balaban J connectivity index is 1.09. The van der Waals surface area contributed by atoms with Crippen molar-refractivity contribution in [3.05, 3.63) is 182 Å². The highest BCUT2D eigenvalue weighted by Crippen LogP contribution is 2.35. The maximum Gasteiger partial charge on any atom is 0.160 e. The van der Waals surface area contributed by atoms with E-state index in [1.807, 2.05) is 0 Å². The van der Waals surface area contributed by atoms with Gasteiger partial charge in [0.1, 0.15) is 8.07 Å². The third-order valence-corrected chi connectivity index (χ3v) is 13.8. The fourth-order valence-electron chi connectivity index (χ4n) is 7.65. The van der Waals surface area contributed by atoms with Crippen LogP contribution in [0.25, 0.3) is 78.4 Å². The van der Waals surface area contributed by atoms with Gasteiger partial charge in [0.05, 0.1) is 11.4 Å². The summed E-state index contributed by atoms with van der Waals surface area (Å²) >= 11 is 0. The van der Waals surface area contributed by atoms with Gasteiger partial charge >= 0.3 is 0 Å². The van der Waals surface area contributed by atoms with Crippen molar-refractivity contribution < 1.29 is 0 Å². The Labute approximate surface area is 300 Å². The highest BCUT2D eigenvalue weighted by molar-refractivity contribution is 7.04. The van der Waals surface area contributed by atoms with Crippen molar-refractivity contribution in [2.45, 2.75) is 13.1 Å². The molecule has 0 fully saturated rings. The van der Waals surface area contributed by atoms with Crippen LogP contribution < -0.4 is 10.4 Å². The van der Waals surface area contributed by atoms with Crippen LogP contribution >= 0.6 is 0 Å². The maximum atomic E-state index is 5.35. The van der Waals surface area contributed by atoms with Gasteiger partial charge in [-0.3, -0.25) is 0 Å². The summed E-state index contributed by atoms with van der Waals surface area (Å²) in [6.45, 7) is 4.86. The molecule has 9 rings (SSSR count). The minimum absolute atomic E-state index is 0.762. The summed E-state index contributed by atoms with van der Waals surface area (Å²) in [6, 6.07) is 65.2. The lowest BCUT2D eigenvalue weighted by Crippen LogP contribution is -2.50. The van der Waals surface area contributed by atoms with Crippen LogP contribution in [0.15, 0.2) is 182 Å². The molecule has 2 nitrogen and oxygen atoms in total. The summed E-state index contributed by atoms with van der Waals surface area (Å²) in [4.78, 5) is 10.7. The summed E-state index contributed by atoms with van der Waals surface area (Å²) < 4.78 is 0. The van der Waals surface area contributed by atoms with Crippen LogP contribution in [0.5, 0.6) is 0 Å². The van der Waals surface area contributed by atoms with E-state index >= 15 is 0 Å². The van der Waals surface area contributed by atoms with E-state index in [0.29, 0.717) is 0 Å². The molecule has 0 bridgehead atoms. The Kier molecular flexibility index (Phi) is 7.64. The second-order valence-corrected chi connectivity index (χ2v) is 18.1. The lowest BCUT2D eigenvalue weighted by atomic mass is 9.94. The van der Waals surface area contributed by atoms with E-state index in [-0.39, 0.29) is 0 Å². The molecule has 3 heteroatoms. The van der Waals surface area contributed by atoms with Gasteiger partial charge in [0.2, 0.25) is 0 Å². The summed E-state index contributed by atoms with van der Waals surface area (Å²) in [7, 11) is -2.00. The predicted molar refractivity (Wildman–Crippen MR) is 217 cm³/mol. The molecule has 0 saturated carbocycles. The summed E-state index contributed by atoms with van der Waals surface area (Å²) in [6.07, 6.45) is 0. The Morgan fingerprint density at radius 1 is 0.333 bits per heavy atom. The van der Waals surface area contributed by atoms with Crippen LogP contribution in [0.4, 0.5) is 0 Å². The topological polar surface area (TPSA) is 25.8 Å². The van der Waals surface area contributed by atoms with E-state index in [9.17, 15) is 0 Å². The Hall–Kier alpha value is -6.16. The van der Waals surface area contributed by atoms with Crippen LogP contribution in [-0.2, 0) is 0 Å². The smallest absolute Gasteiger partial charge is 0.160 e. The largest absolute Gasteiger partial charge is 0.228 e. The molecule has 0 radical (unpaired) electrons. The second-order valence-electron chi connectivity index (χ2n) is 13.8. The number of hydrogen-bond donors (Lipinski definition) is 0. The van der Waals surface area contributed by atoms with Crippen LogP contribution in [0.2, 0.25) is 13.1 Å². The molecule has 2 heterocycles. The van der Waals surface area contributed by atoms with E-state index in [4.69, 9.17) is 9.97 Å². The SMILES string of the molecule is C[Si]1(C)c2ccccc2-c2nc(-c3cccc(-c4cccc(-c5cccc(-c6cccc(-c7ccccc7)c6)c5)c4)c3)nc(-c3ccccc3)c21. The molecular formula is C48H36N2Si. The molecule has 0 saturated heterocycles. The van der Waals surface area contributed by atoms with E-state index in [2.05, 4.69) is 195 Å². The van der Waals surface area contributed by atoms with Gasteiger partial charge in [-0.1, -0.05) is 171 Å². The Morgan fingerprint density at radius 2 is 0.706 bits per heavy atom. The predicted octanol–water partition coefficient (Wildman–Crippen LogP) is 11.3. The van der Waals surface area contributed by atoms with Gasteiger partial charge in [-0.25, -0.2) is 9.97 Å². The fraction of sp³-hybridized carbons (Fsp3) is 0.0417. The molecule has 7 aromatic carbocycles. The lowest BCUT2D eigenvalue weighted by molar-refractivity contribution is 1.20. The van der Waals surface area contributed by atoms with Crippen molar-refractivity contribution in [1.82, 2.24) is 9.97 Å². The highest BCUT2D eigenvalue weighted by atomic mass is 28.3. The number of aromatic nitrogens is 2. The van der Waals surface area contributed by atoms with Gasteiger partial charge in [-0.15, -0.1) is 0 Å². The second kappa shape index (κ2) is 12.6. The first-order valence-electron chi connectivity index (χ1n) is 17.6. The van der Waals surface area contributed by atoms with E-state index < -0.39 is 8.07 Å². The zero-order valence-corrected chi connectivity index (χ0v) is 29.7. The van der Waals surface area contributed by atoms with Gasteiger partial charge in [-0.2, -0.15) is 0 Å². The van der Waals surface area contributed by atoms with Crippen LogP contribution in [0.1, 0.15) is 0 Å². The molecule has 242 valence electrons. The molecule has 1 aromatic heterocycles. The number of benzene rings is 7. The van der Waals surface area contributed by atoms with Crippen LogP contribution in [0.3, 0.4) is 0 Å². The molecule has 0 spiro atoms. The van der Waals surface area contributed by atoms with Crippen LogP contribution in [0, 0.1) is 0 Å². The molecule has 0 aliphatic carbocycles. The third kappa shape index (κ3) is 5.62. The number of nitrogens with zero attached hydrogens (tertiary/aromatic N) is 2. The monoisotopic (exact) mass is 668 g/mol. The minimum atomic E-state index is -2.00. The van der Waals surface area contributed by atoms with Crippen molar-refractivity contribution in [3.63, 3.8) is 0 Å². The molecule has 0 unspecified atom stereocenters.